The number of amides is 1. The van der Waals surface area contributed by atoms with Gasteiger partial charge < -0.3 is 20.5 Å². The molecule has 2 aromatic rings. The van der Waals surface area contributed by atoms with E-state index >= 15 is 0 Å². The predicted octanol–water partition coefficient (Wildman–Crippen LogP) is 2.04. The summed E-state index contributed by atoms with van der Waals surface area (Å²) in [6.07, 6.45) is 0.0959. The molecule has 174 valence electrons. The summed E-state index contributed by atoms with van der Waals surface area (Å²) >= 11 is 6.18. The maximum atomic E-state index is 12.5. The lowest BCUT2D eigenvalue weighted by Gasteiger charge is -2.29. The molecule has 2 aliphatic heterocycles. The van der Waals surface area contributed by atoms with E-state index in [1.165, 1.54) is 6.20 Å². The van der Waals surface area contributed by atoms with Gasteiger partial charge in [0.1, 0.15) is 6.10 Å². The van der Waals surface area contributed by atoms with Gasteiger partial charge in [-0.15, -0.1) is 0 Å². The van der Waals surface area contributed by atoms with Gasteiger partial charge in [-0.3, -0.25) is 9.59 Å². The van der Waals surface area contributed by atoms with Crippen molar-refractivity contribution in [1.82, 2.24) is 20.2 Å². The van der Waals surface area contributed by atoms with Gasteiger partial charge in [-0.05, 0) is 38.1 Å². The lowest BCUT2D eigenvalue weighted by molar-refractivity contribution is -0.192. The van der Waals surface area contributed by atoms with Gasteiger partial charge in [-0.25, -0.2) is 9.31 Å². The second-order valence-electron chi connectivity index (χ2n) is 7.48. The number of halogens is 4. The van der Waals surface area contributed by atoms with Crippen LogP contribution in [0.1, 0.15) is 29.6 Å². The van der Waals surface area contributed by atoms with Gasteiger partial charge in [-0.2, -0.15) is 18.3 Å². The molecule has 13 heteroatoms. The SMILES string of the molecule is O=C(NCC1CC2(CCNCC2)C(=O)O1)c1cnn2cccc(Cl)c12.O=C(O)C(F)(F)F. The Labute approximate surface area is 184 Å². The van der Waals surface area contributed by atoms with Crippen molar-refractivity contribution in [1.29, 1.82) is 0 Å². The van der Waals surface area contributed by atoms with Crippen molar-refractivity contribution in [3.05, 3.63) is 35.1 Å². The minimum Gasteiger partial charge on any atom is -0.475 e. The second-order valence-corrected chi connectivity index (χ2v) is 7.89. The van der Waals surface area contributed by atoms with Crippen molar-refractivity contribution in [3.8, 4) is 0 Å². The van der Waals surface area contributed by atoms with Crippen LogP contribution in [0, 0.1) is 5.41 Å². The lowest BCUT2D eigenvalue weighted by Crippen LogP contribution is -2.39. The van der Waals surface area contributed by atoms with Gasteiger partial charge in [0.2, 0.25) is 0 Å². The van der Waals surface area contributed by atoms with E-state index in [9.17, 15) is 22.8 Å². The lowest BCUT2D eigenvalue weighted by atomic mass is 9.76. The Morgan fingerprint density at radius 2 is 2.03 bits per heavy atom. The number of ether oxygens (including phenoxy) is 1. The molecular formula is C19H20ClF3N4O5. The Morgan fingerprint density at radius 1 is 1.38 bits per heavy atom. The summed E-state index contributed by atoms with van der Waals surface area (Å²) in [5.74, 6) is -3.16. The van der Waals surface area contributed by atoms with Crippen LogP contribution in [-0.4, -0.2) is 64.5 Å². The van der Waals surface area contributed by atoms with Gasteiger partial charge in [0.05, 0.1) is 34.3 Å². The summed E-state index contributed by atoms with van der Waals surface area (Å²) in [5, 5.41) is 17.8. The molecule has 1 spiro atoms. The number of fused-ring (bicyclic) bond motifs is 1. The zero-order chi connectivity index (χ0) is 23.5. The number of carboxylic acid groups (broad SMARTS) is 1. The minimum absolute atomic E-state index is 0.132. The molecule has 2 saturated heterocycles. The first kappa shape index (κ1) is 23.8. The fraction of sp³-hybridized carbons (Fsp3) is 0.474. The molecule has 0 aliphatic carbocycles. The van der Waals surface area contributed by atoms with Crippen LogP contribution in [0.4, 0.5) is 13.2 Å². The molecular weight excluding hydrogens is 457 g/mol. The first-order valence-corrected chi connectivity index (χ1v) is 10.0. The van der Waals surface area contributed by atoms with Crippen LogP contribution in [0.25, 0.3) is 5.52 Å². The molecule has 1 unspecified atom stereocenters. The van der Waals surface area contributed by atoms with E-state index in [1.54, 1.807) is 22.8 Å². The van der Waals surface area contributed by atoms with Crippen LogP contribution in [0.15, 0.2) is 24.5 Å². The molecule has 0 bridgehead atoms. The number of hydrogen-bond donors (Lipinski definition) is 3. The highest BCUT2D eigenvalue weighted by molar-refractivity contribution is 6.34. The van der Waals surface area contributed by atoms with Crippen LogP contribution < -0.4 is 10.6 Å². The van der Waals surface area contributed by atoms with Crippen LogP contribution in [0.5, 0.6) is 0 Å². The summed E-state index contributed by atoms with van der Waals surface area (Å²) in [7, 11) is 0. The normalized spacial score (nSPS) is 19.9. The third kappa shape index (κ3) is 5.13. The Hall–Kier alpha value is -2.86. The second kappa shape index (κ2) is 9.33. The largest absolute Gasteiger partial charge is 0.490 e. The number of carboxylic acids is 1. The number of aliphatic carboxylic acids is 1. The first-order valence-electron chi connectivity index (χ1n) is 9.65. The number of esters is 1. The van der Waals surface area contributed by atoms with Gasteiger partial charge in [-0.1, -0.05) is 11.6 Å². The molecule has 0 aromatic carbocycles. The smallest absolute Gasteiger partial charge is 0.475 e. The highest BCUT2D eigenvalue weighted by Crippen LogP contribution is 2.41. The summed E-state index contributed by atoms with van der Waals surface area (Å²) in [4.78, 5) is 33.7. The number of hydrogen-bond acceptors (Lipinski definition) is 6. The van der Waals surface area contributed by atoms with E-state index in [-0.39, 0.29) is 23.4 Å². The number of carbonyl (C=O) groups excluding carboxylic acids is 2. The van der Waals surface area contributed by atoms with Gasteiger partial charge >= 0.3 is 18.1 Å². The van der Waals surface area contributed by atoms with Crippen molar-refractivity contribution in [2.75, 3.05) is 19.6 Å². The zero-order valence-electron chi connectivity index (χ0n) is 16.6. The van der Waals surface area contributed by atoms with Crippen LogP contribution >= 0.6 is 11.6 Å². The standard InChI is InChI=1S/C17H19ClN4O3.C2HF3O2/c18-13-2-1-7-22-14(13)12(10-21-22)15(23)20-9-11-8-17(16(24)25-11)3-5-19-6-4-17;3-2(4,5)1(6)7/h1-2,7,10-11,19H,3-6,8-9H2,(H,20,23);(H,6,7). The van der Waals surface area contributed by atoms with E-state index in [0.29, 0.717) is 29.1 Å². The van der Waals surface area contributed by atoms with Crippen molar-refractivity contribution in [2.24, 2.45) is 5.41 Å². The Balaban J connectivity index is 0.000000360. The van der Waals surface area contributed by atoms with Crippen LogP contribution in [0.3, 0.4) is 0 Å². The van der Waals surface area contributed by atoms with E-state index in [0.717, 1.165) is 25.9 Å². The average Bonchev–Trinajstić information content (AvgIpc) is 3.29. The number of piperidine rings is 1. The van der Waals surface area contributed by atoms with Crippen LogP contribution in [-0.2, 0) is 14.3 Å². The van der Waals surface area contributed by atoms with Crippen LogP contribution in [0.2, 0.25) is 5.02 Å². The third-order valence-corrected chi connectivity index (χ3v) is 5.66. The summed E-state index contributed by atoms with van der Waals surface area (Å²) in [6, 6.07) is 3.48. The van der Waals surface area contributed by atoms with Crippen molar-refractivity contribution < 1.29 is 37.4 Å². The molecule has 2 aliphatic rings. The number of aromatic nitrogens is 2. The predicted molar refractivity (Wildman–Crippen MR) is 105 cm³/mol. The summed E-state index contributed by atoms with van der Waals surface area (Å²) < 4.78 is 38.8. The van der Waals surface area contributed by atoms with E-state index < -0.39 is 12.1 Å². The zero-order valence-corrected chi connectivity index (χ0v) is 17.4. The van der Waals surface area contributed by atoms with Gasteiger partial charge in [0.15, 0.2) is 0 Å². The molecule has 0 saturated carbocycles. The number of nitrogens with one attached hydrogen (secondary N) is 2. The number of pyridine rings is 1. The highest BCUT2D eigenvalue weighted by Gasteiger charge is 2.49. The maximum absolute atomic E-state index is 12.5. The number of cyclic esters (lactones) is 1. The molecule has 0 radical (unpaired) electrons. The first-order chi connectivity index (χ1) is 15.0. The summed E-state index contributed by atoms with van der Waals surface area (Å²) in [6.45, 7) is 1.95. The number of alkyl halides is 3. The van der Waals surface area contributed by atoms with Crippen molar-refractivity contribution in [2.45, 2.75) is 31.5 Å². The highest BCUT2D eigenvalue weighted by atomic mass is 35.5. The monoisotopic (exact) mass is 476 g/mol. The van der Waals surface area contributed by atoms with Gasteiger partial charge in [0.25, 0.3) is 5.91 Å². The molecule has 4 heterocycles. The Kier molecular flexibility index (Phi) is 6.94. The molecule has 1 amide bonds. The van der Waals surface area contributed by atoms with Crippen molar-refractivity contribution in [3.63, 3.8) is 0 Å². The number of carbonyl (C=O) groups is 3. The number of nitrogens with zero attached hydrogens (tertiary/aromatic N) is 2. The van der Waals surface area contributed by atoms with E-state index in [1.807, 2.05) is 0 Å². The summed E-state index contributed by atoms with van der Waals surface area (Å²) in [5.41, 5.74) is 0.598. The molecule has 9 nitrogen and oxygen atoms in total. The van der Waals surface area contributed by atoms with E-state index in [4.69, 9.17) is 26.2 Å². The van der Waals surface area contributed by atoms with E-state index in [2.05, 4.69) is 15.7 Å². The maximum Gasteiger partial charge on any atom is 0.490 e. The van der Waals surface area contributed by atoms with Gasteiger partial charge in [0, 0.05) is 12.6 Å². The average molecular weight is 477 g/mol. The molecule has 3 N–H and O–H groups in total. The molecule has 2 aromatic heterocycles. The fourth-order valence-corrected chi connectivity index (χ4v) is 3.99. The number of rotatable bonds is 3. The molecule has 1 atom stereocenters. The molecule has 4 rings (SSSR count). The minimum atomic E-state index is -5.08. The topological polar surface area (TPSA) is 122 Å². The van der Waals surface area contributed by atoms with Crippen molar-refractivity contribution >= 4 is 35.0 Å². The molecule has 2 fully saturated rings. The third-order valence-electron chi connectivity index (χ3n) is 5.35. The Morgan fingerprint density at radius 3 is 2.66 bits per heavy atom. The quantitative estimate of drug-likeness (QED) is 0.579. The molecule has 32 heavy (non-hydrogen) atoms. The Bertz CT molecular complexity index is 1020. The fourth-order valence-electron chi connectivity index (χ4n) is 3.73.